The minimum atomic E-state index is -0.110. The van der Waals surface area contributed by atoms with Crippen LogP contribution in [0.2, 0.25) is 0 Å². The molecular formula is C10H16N2O. The van der Waals surface area contributed by atoms with Crippen molar-refractivity contribution in [2.45, 2.75) is 27.2 Å². The van der Waals surface area contributed by atoms with Gasteiger partial charge in [-0.3, -0.25) is 9.97 Å². The Labute approximate surface area is 78.9 Å². The van der Waals surface area contributed by atoms with Gasteiger partial charge in [-0.1, -0.05) is 13.8 Å². The van der Waals surface area contributed by atoms with E-state index in [2.05, 4.69) is 9.97 Å². The van der Waals surface area contributed by atoms with Gasteiger partial charge in [0.2, 0.25) is 0 Å². The second-order valence-electron chi connectivity index (χ2n) is 4.09. The number of hydrogen-bond acceptors (Lipinski definition) is 3. The van der Waals surface area contributed by atoms with Gasteiger partial charge in [0.05, 0.1) is 11.4 Å². The van der Waals surface area contributed by atoms with Gasteiger partial charge in [0.25, 0.3) is 0 Å². The largest absolute Gasteiger partial charge is 0.396 e. The lowest BCUT2D eigenvalue weighted by atomic mass is 9.88. The predicted octanol–water partition coefficient (Wildman–Crippen LogP) is 1.35. The number of aliphatic hydroxyl groups is 1. The molecule has 0 aliphatic heterocycles. The van der Waals surface area contributed by atoms with Crippen molar-refractivity contribution in [3.8, 4) is 0 Å². The SMILES string of the molecule is Cc1nccnc1CC(C)(C)CO. The first-order chi connectivity index (χ1) is 6.05. The quantitative estimate of drug-likeness (QED) is 0.763. The number of aliphatic hydroxyl groups excluding tert-OH is 1. The first-order valence-electron chi connectivity index (χ1n) is 4.42. The molecule has 0 fully saturated rings. The molecule has 0 amide bonds. The standard InChI is InChI=1S/C10H16N2O/c1-8-9(12-5-4-11-8)6-10(2,3)7-13/h4-5,13H,6-7H2,1-3H3. The van der Waals surface area contributed by atoms with E-state index in [1.54, 1.807) is 12.4 Å². The molecule has 72 valence electrons. The van der Waals surface area contributed by atoms with Gasteiger partial charge in [0.1, 0.15) is 0 Å². The van der Waals surface area contributed by atoms with Crippen LogP contribution in [0.4, 0.5) is 0 Å². The number of aromatic nitrogens is 2. The van der Waals surface area contributed by atoms with Crippen molar-refractivity contribution < 1.29 is 5.11 Å². The second kappa shape index (κ2) is 3.83. The van der Waals surface area contributed by atoms with Crippen LogP contribution in [0.3, 0.4) is 0 Å². The molecule has 0 bridgehead atoms. The number of rotatable bonds is 3. The van der Waals surface area contributed by atoms with Crippen molar-refractivity contribution in [1.82, 2.24) is 9.97 Å². The van der Waals surface area contributed by atoms with Gasteiger partial charge in [-0.25, -0.2) is 0 Å². The maximum Gasteiger partial charge on any atom is 0.0622 e. The van der Waals surface area contributed by atoms with Crippen molar-refractivity contribution in [3.05, 3.63) is 23.8 Å². The van der Waals surface area contributed by atoms with E-state index in [0.29, 0.717) is 0 Å². The van der Waals surface area contributed by atoms with E-state index in [4.69, 9.17) is 5.11 Å². The summed E-state index contributed by atoms with van der Waals surface area (Å²) in [7, 11) is 0. The molecule has 1 heterocycles. The van der Waals surface area contributed by atoms with E-state index < -0.39 is 0 Å². The Bertz CT molecular complexity index is 284. The van der Waals surface area contributed by atoms with Crippen LogP contribution in [0.25, 0.3) is 0 Å². The third-order valence-corrected chi connectivity index (χ3v) is 2.06. The smallest absolute Gasteiger partial charge is 0.0622 e. The third-order valence-electron chi connectivity index (χ3n) is 2.06. The molecule has 1 rings (SSSR count). The zero-order valence-electron chi connectivity index (χ0n) is 8.41. The van der Waals surface area contributed by atoms with E-state index in [1.807, 2.05) is 20.8 Å². The molecule has 1 aromatic heterocycles. The summed E-state index contributed by atoms with van der Waals surface area (Å²) < 4.78 is 0. The highest BCUT2D eigenvalue weighted by Gasteiger charge is 2.19. The average Bonchev–Trinajstić information content (AvgIpc) is 2.09. The highest BCUT2D eigenvalue weighted by Crippen LogP contribution is 2.20. The Kier molecular flexibility index (Phi) is 2.98. The van der Waals surface area contributed by atoms with Crippen LogP contribution >= 0.6 is 0 Å². The molecule has 13 heavy (non-hydrogen) atoms. The van der Waals surface area contributed by atoms with E-state index in [1.165, 1.54) is 0 Å². The fraction of sp³-hybridized carbons (Fsp3) is 0.600. The Morgan fingerprint density at radius 1 is 1.31 bits per heavy atom. The van der Waals surface area contributed by atoms with Crippen LogP contribution in [0.5, 0.6) is 0 Å². The molecule has 0 atom stereocenters. The van der Waals surface area contributed by atoms with E-state index in [9.17, 15) is 0 Å². The number of nitrogens with zero attached hydrogens (tertiary/aromatic N) is 2. The average molecular weight is 180 g/mol. The minimum absolute atomic E-state index is 0.110. The van der Waals surface area contributed by atoms with Crippen molar-refractivity contribution in [2.75, 3.05) is 6.61 Å². The van der Waals surface area contributed by atoms with Crippen molar-refractivity contribution in [3.63, 3.8) is 0 Å². The Morgan fingerprint density at radius 2 is 1.92 bits per heavy atom. The summed E-state index contributed by atoms with van der Waals surface area (Å²) in [5, 5.41) is 9.10. The van der Waals surface area contributed by atoms with Crippen molar-refractivity contribution in [2.24, 2.45) is 5.41 Å². The zero-order chi connectivity index (χ0) is 9.90. The van der Waals surface area contributed by atoms with Crippen LogP contribution in [0.1, 0.15) is 25.2 Å². The normalized spacial score (nSPS) is 11.7. The maximum absolute atomic E-state index is 9.10. The van der Waals surface area contributed by atoms with Gasteiger partial charge < -0.3 is 5.11 Å². The predicted molar refractivity (Wildman–Crippen MR) is 51.3 cm³/mol. The summed E-state index contributed by atoms with van der Waals surface area (Å²) in [5.41, 5.74) is 1.81. The molecule has 1 N–H and O–H groups in total. The molecule has 0 aliphatic rings. The van der Waals surface area contributed by atoms with Gasteiger partial charge >= 0.3 is 0 Å². The summed E-state index contributed by atoms with van der Waals surface area (Å²) in [4.78, 5) is 8.39. The molecule has 0 unspecified atom stereocenters. The van der Waals surface area contributed by atoms with Crippen LogP contribution in [-0.2, 0) is 6.42 Å². The molecule has 0 saturated carbocycles. The summed E-state index contributed by atoms with van der Waals surface area (Å²) in [5.74, 6) is 0. The van der Waals surface area contributed by atoms with Crippen LogP contribution in [0, 0.1) is 12.3 Å². The van der Waals surface area contributed by atoms with Crippen molar-refractivity contribution in [1.29, 1.82) is 0 Å². The van der Waals surface area contributed by atoms with Gasteiger partial charge in [0, 0.05) is 19.0 Å². The topological polar surface area (TPSA) is 46.0 Å². The lowest BCUT2D eigenvalue weighted by Crippen LogP contribution is -2.21. The van der Waals surface area contributed by atoms with Gasteiger partial charge in [-0.15, -0.1) is 0 Å². The Morgan fingerprint density at radius 3 is 2.46 bits per heavy atom. The van der Waals surface area contributed by atoms with Crippen LogP contribution in [-0.4, -0.2) is 21.7 Å². The highest BCUT2D eigenvalue weighted by molar-refractivity contribution is 5.10. The second-order valence-corrected chi connectivity index (χ2v) is 4.09. The fourth-order valence-corrected chi connectivity index (χ4v) is 1.12. The summed E-state index contributed by atoms with van der Waals surface area (Å²) in [6.07, 6.45) is 4.14. The highest BCUT2D eigenvalue weighted by atomic mass is 16.3. The minimum Gasteiger partial charge on any atom is -0.396 e. The van der Waals surface area contributed by atoms with Gasteiger partial charge in [-0.05, 0) is 18.8 Å². The fourth-order valence-electron chi connectivity index (χ4n) is 1.12. The lowest BCUT2D eigenvalue weighted by Gasteiger charge is -2.21. The van der Waals surface area contributed by atoms with Crippen LogP contribution < -0.4 is 0 Å². The first-order valence-corrected chi connectivity index (χ1v) is 4.42. The summed E-state index contributed by atoms with van der Waals surface area (Å²) >= 11 is 0. The maximum atomic E-state index is 9.10. The Hall–Kier alpha value is -0.960. The molecule has 3 nitrogen and oxygen atoms in total. The molecule has 0 saturated heterocycles. The number of hydrogen-bond donors (Lipinski definition) is 1. The summed E-state index contributed by atoms with van der Waals surface area (Å²) in [6.45, 7) is 6.14. The zero-order valence-corrected chi connectivity index (χ0v) is 8.41. The summed E-state index contributed by atoms with van der Waals surface area (Å²) in [6, 6.07) is 0. The van der Waals surface area contributed by atoms with E-state index >= 15 is 0 Å². The Balaban J connectivity index is 2.80. The monoisotopic (exact) mass is 180 g/mol. The van der Waals surface area contributed by atoms with Crippen molar-refractivity contribution >= 4 is 0 Å². The van der Waals surface area contributed by atoms with Gasteiger partial charge in [-0.2, -0.15) is 0 Å². The molecule has 3 heteroatoms. The first kappa shape index (κ1) is 10.1. The molecular weight excluding hydrogens is 164 g/mol. The van der Waals surface area contributed by atoms with E-state index in [-0.39, 0.29) is 12.0 Å². The molecule has 0 aliphatic carbocycles. The molecule has 1 aromatic rings. The lowest BCUT2D eigenvalue weighted by molar-refractivity contribution is 0.158. The van der Waals surface area contributed by atoms with E-state index in [0.717, 1.165) is 17.8 Å². The molecule has 0 radical (unpaired) electrons. The number of aryl methyl sites for hydroxylation is 1. The molecule has 0 spiro atoms. The van der Waals surface area contributed by atoms with Crippen LogP contribution in [0.15, 0.2) is 12.4 Å². The third kappa shape index (κ3) is 2.77. The van der Waals surface area contributed by atoms with Gasteiger partial charge in [0.15, 0.2) is 0 Å². The molecule has 0 aromatic carbocycles.